The van der Waals surface area contributed by atoms with Crippen molar-refractivity contribution in [1.29, 1.82) is 0 Å². The zero-order chi connectivity index (χ0) is 19.3. The molecule has 2 aromatic carbocycles. The van der Waals surface area contributed by atoms with Crippen LogP contribution in [0.1, 0.15) is 11.1 Å². The number of hydrogen-bond acceptors (Lipinski definition) is 6. The number of fused-ring (bicyclic) bond motifs is 1. The van der Waals surface area contributed by atoms with Crippen LogP contribution in [0.3, 0.4) is 0 Å². The number of thiophene rings is 1. The van der Waals surface area contributed by atoms with Crippen LogP contribution in [0.15, 0.2) is 60.9 Å². The highest BCUT2D eigenvalue weighted by molar-refractivity contribution is 7.22. The van der Waals surface area contributed by atoms with Crippen molar-refractivity contribution in [2.75, 3.05) is 19.0 Å². The second-order valence-electron chi connectivity index (χ2n) is 6.37. The van der Waals surface area contributed by atoms with Gasteiger partial charge in [-0.25, -0.2) is 9.97 Å². The number of aliphatic hydroxyl groups excluding tert-OH is 1. The molecule has 0 fully saturated rings. The predicted molar refractivity (Wildman–Crippen MR) is 114 cm³/mol. The van der Waals surface area contributed by atoms with Crippen LogP contribution < -0.4 is 10.1 Å². The Morgan fingerprint density at radius 2 is 1.93 bits per heavy atom. The molecule has 0 amide bonds. The van der Waals surface area contributed by atoms with E-state index in [9.17, 15) is 5.11 Å². The highest BCUT2D eigenvalue weighted by atomic mass is 32.1. The SMILES string of the molecule is COc1c(CO)cccc1-c1cc2c(NCCc3ccccc3)ncnc2s1. The standard InChI is InChI=1S/C22H21N3O2S/c1-27-20-16(13-26)8-5-9-17(20)19-12-18-21(24-14-25-22(18)28-19)23-11-10-15-6-3-2-4-7-15/h2-9,12,14,26H,10-11,13H2,1H3,(H,23,24,25). The first kappa shape index (κ1) is 18.4. The third-order valence-corrected chi connectivity index (χ3v) is 5.69. The van der Waals surface area contributed by atoms with Crippen molar-refractivity contribution in [3.63, 3.8) is 0 Å². The van der Waals surface area contributed by atoms with E-state index in [1.54, 1.807) is 24.8 Å². The second-order valence-corrected chi connectivity index (χ2v) is 7.40. The lowest BCUT2D eigenvalue weighted by Gasteiger charge is -2.10. The van der Waals surface area contributed by atoms with E-state index in [0.29, 0.717) is 5.75 Å². The average Bonchev–Trinajstić information content (AvgIpc) is 3.19. The van der Waals surface area contributed by atoms with Gasteiger partial charge in [0, 0.05) is 22.5 Å². The summed E-state index contributed by atoms with van der Waals surface area (Å²) in [7, 11) is 1.63. The van der Waals surface area contributed by atoms with Gasteiger partial charge in [0.15, 0.2) is 0 Å². The maximum atomic E-state index is 9.59. The lowest BCUT2D eigenvalue weighted by atomic mass is 10.1. The molecule has 6 heteroatoms. The monoisotopic (exact) mass is 391 g/mol. The van der Waals surface area contributed by atoms with Crippen LogP contribution in [-0.2, 0) is 13.0 Å². The van der Waals surface area contributed by atoms with Gasteiger partial charge in [-0.3, -0.25) is 0 Å². The topological polar surface area (TPSA) is 67.3 Å². The van der Waals surface area contributed by atoms with E-state index >= 15 is 0 Å². The Kier molecular flexibility index (Phi) is 5.50. The number of rotatable bonds is 7. The largest absolute Gasteiger partial charge is 0.496 e. The molecule has 0 saturated carbocycles. The quantitative estimate of drug-likeness (QED) is 0.485. The number of methoxy groups -OCH3 is 1. The molecule has 0 atom stereocenters. The van der Waals surface area contributed by atoms with Crippen LogP contribution in [0.5, 0.6) is 5.75 Å². The minimum absolute atomic E-state index is 0.0615. The van der Waals surface area contributed by atoms with Crippen LogP contribution in [-0.4, -0.2) is 28.7 Å². The van der Waals surface area contributed by atoms with Crippen molar-refractivity contribution in [1.82, 2.24) is 9.97 Å². The molecule has 2 heterocycles. The first-order chi connectivity index (χ1) is 13.8. The van der Waals surface area contributed by atoms with Gasteiger partial charge in [-0.15, -0.1) is 11.3 Å². The molecular formula is C22H21N3O2S. The summed E-state index contributed by atoms with van der Waals surface area (Å²) in [5.74, 6) is 1.53. The minimum atomic E-state index is -0.0615. The van der Waals surface area contributed by atoms with Crippen molar-refractivity contribution < 1.29 is 9.84 Å². The predicted octanol–water partition coefficient (Wildman–Crippen LogP) is 4.51. The van der Waals surface area contributed by atoms with Gasteiger partial charge in [0.05, 0.1) is 19.1 Å². The molecule has 4 aromatic rings. The first-order valence-corrected chi connectivity index (χ1v) is 9.91. The summed E-state index contributed by atoms with van der Waals surface area (Å²) in [5.41, 5.74) is 3.01. The zero-order valence-corrected chi connectivity index (χ0v) is 16.4. The number of nitrogens with one attached hydrogen (secondary N) is 1. The van der Waals surface area contributed by atoms with E-state index in [2.05, 4.69) is 45.6 Å². The smallest absolute Gasteiger partial charge is 0.138 e. The third-order valence-electron chi connectivity index (χ3n) is 4.61. The van der Waals surface area contributed by atoms with E-state index in [4.69, 9.17) is 4.74 Å². The van der Waals surface area contributed by atoms with Crippen LogP contribution in [0, 0.1) is 0 Å². The fraction of sp³-hybridized carbons (Fsp3) is 0.182. The number of benzene rings is 2. The van der Waals surface area contributed by atoms with Crippen molar-refractivity contribution in [2.45, 2.75) is 13.0 Å². The molecule has 0 spiro atoms. The van der Waals surface area contributed by atoms with E-state index in [1.807, 2.05) is 24.3 Å². The second kappa shape index (κ2) is 8.37. The van der Waals surface area contributed by atoms with E-state index in [-0.39, 0.29) is 6.61 Å². The summed E-state index contributed by atoms with van der Waals surface area (Å²) >= 11 is 1.59. The number of nitrogens with zero attached hydrogens (tertiary/aromatic N) is 2. The molecule has 2 N–H and O–H groups in total. The molecule has 0 bridgehead atoms. The first-order valence-electron chi connectivity index (χ1n) is 9.09. The van der Waals surface area contributed by atoms with Crippen LogP contribution >= 0.6 is 11.3 Å². The molecule has 0 saturated heterocycles. The Bertz CT molecular complexity index is 1080. The van der Waals surface area contributed by atoms with Gasteiger partial charge < -0.3 is 15.2 Å². The maximum absolute atomic E-state index is 9.59. The summed E-state index contributed by atoms with van der Waals surface area (Å²) in [4.78, 5) is 10.8. The van der Waals surface area contributed by atoms with Crippen molar-refractivity contribution in [2.24, 2.45) is 0 Å². The third kappa shape index (κ3) is 3.69. The van der Waals surface area contributed by atoms with Crippen molar-refractivity contribution in [3.05, 3.63) is 72.1 Å². The molecule has 28 heavy (non-hydrogen) atoms. The van der Waals surface area contributed by atoms with Gasteiger partial charge in [-0.1, -0.05) is 42.5 Å². The fourth-order valence-corrected chi connectivity index (χ4v) is 4.26. The normalized spacial score (nSPS) is 10.9. The van der Waals surface area contributed by atoms with Crippen LogP contribution in [0.4, 0.5) is 5.82 Å². The van der Waals surface area contributed by atoms with Gasteiger partial charge >= 0.3 is 0 Å². The Labute approximate surface area is 167 Å². The number of anilines is 1. The Balaban J connectivity index is 1.62. The molecule has 5 nitrogen and oxygen atoms in total. The number of para-hydroxylation sites is 1. The lowest BCUT2D eigenvalue weighted by Crippen LogP contribution is -2.06. The minimum Gasteiger partial charge on any atom is -0.496 e. The highest BCUT2D eigenvalue weighted by Gasteiger charge is 2.15. The molecular weight excluding hydrogens is 370 g/mol. The number of ether oxygens (including phenoxy) is 1. The van der Waals surface area contributed by atoms with Crippen LogP contribution in [0.25, 0.3) is 20.7 Å². The lowest BCUT2D eigenvalue weighted by molar-refractivity contribution is 0.274. The summed E-state index contributed by atoms with van der Waals surface area (Å²) in [5, 5.41) is 14.0. The van der Waals surface area contributed by atoms with Gasteiger partial charge in [0.2, 0.25) is 0 Å². The van der Waals surface area contributed by atoms with E-state index < -0.39 is 0 Å². The maximum Gasteiger partial charge on any atom is 0.138 e. The van der Waals surface area contributed by atoms with Gasteiger partial charge in [0.25, 0.3) is 0 Å². The molecule has 0 unspecified atom stereocenters. The zero-order valence-electron chi connectivity index (χ0n) is 15.6. The molecule has 4 rings (SSSR count). The molecule has 0 aliphatic rings. The van der Waals surface area contributed by atoms with E-state index in [1.165, 1.54) is 5.56 Å². The number of aliphatic hydroxyl groups is 1. The number of aromatic nitrogens is 2. The summed E-state index contributed by atoms with van der Waals surface area (Å²) in [6, 6.07) is 18.3. The molecule has 0 radical (unpaired) electrons. The van der Waals surface area contributed by atoms with Gasteiger partial charge in [-0.05, 0) is 24.1 Å². The Morgan fingerprint density at radius 1 is 1.07 bits per heavy atom. The fourth-order valence-electron chi connectivity index (χ4n) is 3.24. The van der Waals surface area contributed by atoms with Crippen molar-refractivity contribution in [3.8, 4) is 16.2 Å². The van der Waals surface area contributed by atoms with E-state index in [0.717, 1.165) is 45.0 Å². The Morgan fingerprint density at radius 3 is 2.71 bits per heavy atom. The van der Waals surface area contributed by atoms with Gasteiger partial charge in [-0.2, -0.15) is 0 Å². The average molecular weight is 391 g/mol. The molecule has 142 valence electrons. The van der Waals surface area contributed by atoms with Crippen molar-refractivity contribution >= 4 is 27.4 Å². The molecule has 0 aliphatic heterocycles. The van der Waals surface area contributed by atoms with Gasteiger partial charge in [0.1, 0.15) is 22.7 Å². The van der Waals surface area contributed by atoms with Crippen LogP contribution in [0.2, 0.25) is 0 Å². The summed E-state index contributed by atoms with van der Waals surface area (Å²) < 4.78 is 5.56. The Hall–Kier alpha value is -2.96. The number of hydrogen-bond donors (Lipinski definition) is 2. The molecule has 2 aromatic heterocycles. The summed E-state index contributed by atoms with van der Waals surface area (Å²) in [6.45, 7) is 0.735. The molecule has 0 aliphatic carbocycles. The highest BCUT2D eigenvalue weighted by Crippen LogP contribution is 2.40. The summed E-state index contributed by atoms with van der Waals surface area (Å²) in [6.07, 6.45) is 2.52.